The smallest absolute Gasteiger partial charge is 0.333 e. The minimum atomic E-state index is -0.393. The van der Waals surface area contributed by atoms with E-state index in [1.54, 1.807) is 19.1 Å². The van der Waals surface area contributed by atoms with Gasteiger partial charge in [-0.05, 0) is 6.92 Å². The Balaban J connectivity index is 2.96. The molecular weight excluding hydrogens is 240 g/mol. The number of allylic oxidation sites excluding steroid dienone is 2. The SMILES string of the molecule is C=CCc1nc(CC=C)n(C)c1COC(=O)C(=C)C. The van der Waals surface area contributed by atoms with Crippen LogP contribution in [0.15, 0.2) is 37.5 Å². The van der Waals surface area contributed by atoms with Crippen LogP contribution in [-0.4, -0.2) is 15.5 Å². The molecule has 0 aliphatic heterocycles. The normalized spacial score (nSPS) is 10.0. The van der Waals surface area contributed by atoms with Crippen molar-refractivity contribution in [2.24, 2.45) is 7.05 Å². The van der Waals surface area contributed by atoms with Crippen LogP contribution in [0.25, 0.3) is 0 Å². The van der Waals surface area contributed by atoms with Gasteiger partial charge >= 0.3 is 5.97 Å². The molecule has 4 heteroatoms. The number of aromatic nitrogens is 2. The summed E-state index contributed by atoms with van der Waals surface area (Å²) in [5.41, 5.74) is 2.15. The minimum absolute atomic E-state index is 0.190. The van der Waals surface area contributed by atoms with Gasteiger partial charge in [-0.2, -0.15) is 0 Å². The summed E-state index contributed by atoms with van der Waals surface area (Å²) in [6.45, 7) is 12.8. The Bertz CT molecular complexity index is 512. The highest BCUT2D eigenvalue weighted by molar-refractivity contribution is 5.86. The Morgan fingerprint density at radius 3 is 2.53 bits per heavy atom. The van der Waals surface area contributed by atoms with Gasteiger partial charge in [-0.15, -0.1) is 13.2 Å². The van der Waals surface area contributed by atoms with Gasteiger partial charge in [-0.25, -0.2) is 9.78 Å². The van der Waals surface area contributed by atoms with Crippen molar-refractivity contribution in [2.75, 3.05) is 0 Å². The van der Waals surface area contributed by atoms with Gasteiger partial charge in [0.1, 0.15) is 12.4 Å². The molecule has 1 rings (SSSR count). The maximum absolute atomic E-state index is 11.4. The summed E-state index contributed by atoms with van der Waals surface area (Å²) >= 11 is 0. The number of rotatable bonds is 7. The van der Waals surface area contributed by atoms with E-state index in [4.69, 9.17) is 4.74 Å². The van der Waals surface area contributed by atoms with Crippen molar-refractivity contribution in [1.29, 1.82) is 0 Å². The first-order chi connectivity index (χ1) is 9.01. The van der Waals surface area contributed by atoms with Crippen molar-refractivity contribution >= 4 is 5.97 Å². The second kappa shape index (κ2) is 6.73. The highest BCUT2D eigenvalue weighted by Gasteiger charge is 2.15. The summed E-state index contributed by atoms with van der Waals surface area (Å²) in [6.07, 6.45) is 4.90. The highest BCUT2D eigenvalue weighted by Crippen LogP contribution is 2.14. The van der Waals surface area contributed by atoms with Crippen molar-refractivity contribution in [3.63, 3.8) is 0 Å². The summed E-state index contributed by atoms with van der Waals surface area (Å²) in [5.74, 6) is 0.504. The first-order valence-corrected chi connectivity index (χ1v) is 6.09. The molecule has 0 aliphatic rings. The zero-order valence-electron chi connectivity index (χ0n) is 11.6. The molecule has 0 spiro atoms. The minimum Gasteiger partial charge on any atom is -0.456 e. The monoisotopic (exact) mass is 260 g/mol. The number of ether oxygens (including phenoxy) is 1. The number of hydrogen-bond donors (Lipinski definition) is 0. The Hall–Kier alpha value is -2.10. The molecule has 0 unspecified atom stereocenters. The van der Waals surface area contributed by atoms with Crippen molar-refractivity contribution < 1.29 is 9.53 Å². The van der Waals surface area contributed by atoms with Gasteiger partial charge < -0.3 is 9.30 Å². The average Bonchev–Trinajstić information content (AvgIpc) is 2.64. The van der Waals surface area contributed by atoms with E-state index in [1.165, 1.54) is 0 Å². The first-order valence-electron chi connectivity index (χ1n) is 6.09. The largest absolute Gasteiger partial charge is 0.456 e. The summed E-state index contributed by atoms with van der Waals surface area (Å²) in [5, 5.41) is 0. The fourth-order valence-corrected chi connectivity index (χ4v) is 1.69. The molecule has 4 nitrogen and oxygen atoms in total. The fraction of sp³-hybridized carbons (Fsp3) is 0.333. The number of nitrogens with zero attached hydrogens (tertiary/aromatic N) is 2. The predicted molar refractivity (Wildman–Crippen MR) is 75.6 cm³/mol. The molecule has 0 saturated carbocycles. The van der Waals surface area contributed by atoms with Crippen LogP contribution in [0.5, 0.6) is 0 Å². The van der Waals surface area contributed by atoms with Crippen LogP contribution < -0.4 is 0 Å². The number of carbonyl (C=O) groups is 1. The molecule has 0 saturated heterocycles. The van der Waals surface area contributed by atoms with E-state index in [1.807, 2.05) is 11.6 Å². The highest BCUT2D eigenvalue weighted by atomic mass is 16.5. The van der Waals surface area contributed by atoms with E-state index < -0.39 is 5.97 Å². The van der Waals surface area contributed by atoms with Gasteiger partial charge in [0.05, 0.1) is 11.4 Å². The van der Waals surface area contributed by atoms with Crippen LogP contribution in [0.3, 0.4) is 0 Å². The Kier molecular flexibility index (Phi) is 5.30. The van der Waals surface area contributed by atoms with Crippen LogP contribution in [0.2, 0.25) is 0 Å². The molecule has 0 aliphatic carbocycles. The molecule has 1 aromatic heterocycles. The quantitative estimate of drug-likeness (QED) is 0.430. The summed E-state index contributed by atoms with van der Waals surface area (Å²) in [4.78, 5) is 16.0. The topological polar surface area (TPSA) is 44.1 Å². The summed E-state index contributed by atoms with van der Waals surface area (Å²) in [7, 11) is 1.91. The van der Waals surface area contributed by atoms with Crippen molar-refractivity contribution in [3.05, 3.63) is 54.7 Å². The molecule has 19 heavy (non-hydrogen) atoms. The van der Waals surface area contributed by atoms with E-state index in [9.17, 15) is 4.79 Å². The Morgan fingerprint density at radius 2 is 2.00 bits per heavy atom. The lowest BCUT2D eigenvalue weighted by Crippen LogP contribution is -2.09. The second-order valence-corrected chi connectivity index (χ2v) is 4.32. The summed E-state index contributed by atoms with van der Waals surface area (Å²) in [6, 6.07) is 0. The van der Waals surface area contributed by atoms with E-state index in [0.717, 1.165) is 17.2 Å². The number of imidazole rings is 1. The first kappa shape index (κ1) is 15.0. The lowest BCUT2D eigenvalue weighted by atomic mass is 10.2. The molecule has 1 heterocycles. The molecule has 0 amide bonds. The average molecular weight is 260 g/mol. The summed E-state index contributed by atoms with van der Waals surface area (Å²) < 4.78 is 7.13. The van der Waals surface area contributed by atoms with E-state index >= 15 is 0 Å². The van der Waals surface area contributed by atoms with E-state index in [0.29, 0.717) is 18.4 Å². The van der Waals surface area contributed by atoms with Crippen molar-refractivity contribution in [2.45, 2.75) is 26.4 Å². The van der Waals surface area contributed by atoms with Crippen LogP contribution in [0.1, 0.15) is 24.1 Å². The molecular formula is C15H20N2O2. The van der Waals surface area contributed by atoms with Gasteiger partial charge in [-0.3, -0.25) is 0 Å². The van der Waals surface area contributed by atoms with Crippen LogP contribution in [0, 0.1) is 0 Å². The van der Waals surface area contributed by atoms with Gasteiger partial charge in [0.25, 0.3) is 0 Å². The maximum atomic E-state index is 11.4. The number of esters is 1. The van der Waals surface area contributed by atoms with E-state index in [2.05, 4.69) is 24.7 Å². The standard InChI is InChI=1S/C15H20N2O2/c1-6-8-12-13(10-19-15(18)11(3)4)17(5)14(16-12)9-7-2/h6-7H,1-3,8-10H2,4-5H3. The lowest BCUT2D eigenvalue weighted by molar-refractivity contribution is -0.140. The molecule has 0 bridgehead atoms. The molecule has 0 atom stereocenters. The zero-order chi connectivity index (χ0) is 14.4. The maximum Gasteiger partial charge on any atom is 0.333 e. The Morgan fingerprint density at radius 1 is 1.37 bits per heavy atom. The molecule has 0 N–H and O–H groups in total. The predicted octanol–water partition coefficient (Wildman–Crippen LogP) is 2.50. The third-order valence-corrected chi connectivity index (χ3v) is 2.74. The van der Waals surface area contributed by atoms with Crippen LogP contribution in [-0.2, 0) is 36.0 Å². The zero-order valence-corrected chi connectivity index (χ0v) is 11.6. The van der Waals surface area contributed by atoms with E-state index in [-0.39, 0.29) is 6.61 Å². The molecule has 0 fully saturated rings. The number of carbonyl (C=O) groups excluding carboxylic acids is 1. The molecule has 102 valence electrons. The fourth-order valence-electron chi connectivity index (χ4n) is 1.69. The van der Waals surface area contributed by atoms with Crippen molar-refractivity contribution in [3.8, 4) is 0 Å². The van der Waals surface area contributed by atoms with Gasteiger partial charge in [-0.1, -0.05) is 18.7 Å². The third-order valence-electron chi connectivity index (χ3n) is 2.74. The molecule has 0 aromatic carbocycles. The molecule has 1 aromatic rings. The van der Waals surface area contributed by atoms with Crippen LogP contribution >= 0.6 is 0 Å². The third kappa shape index (κ3) is 3.68. The van der Waals surface area contributed by atoms with Crippen molar-refractivity contribution in [1.82, 2.24) is 9.55 Å². The van der Waals surface area contributed by atoms with Gasteiger partial charge in [0, 0.05) is 25.5 Å². The van der Waals surface area contributed by atoms with Crippen LogP contribution in [0.4, 0.5) is 0 Å². The lowest BCUT2D eigenvalue weighted by Gasteiger charge is -2.08. The van der Waals surface area contributed by atoms with Gasteiger partial charge in [0.15, 0.2) is 0 Å². The second-order valence-electron chi connectivity index (χ2n) is 4.32. The Labute approximate surface area is 114 Å². The molecule has 0 radical (unpaired) electrons. The van der Waals surface area contributed by atoms with Gasteiger partial charge in [0.2, 0.25) is 0 Å². The number of hydrogen-bond acceptors (Lipinski definition) is 3.